The lowest BCUT2D eigenvalue weighted by atomic mass is 9.85. The van der Waals surface area contributed by atoms with Gasteiger partial charge in [-0.15, -0.1) is 11.3 Å². The molecule has 2 amide bonds. The molecule has 4 nitrogen and oxygen atoms in total. The van der Waals surface area contributed by atoms with Gasteiger partial charge >= 0.3 is 0 Å². The van der Waals surface area contributed by atoms with Crippen molar-refractivity contribution < 1.29 is 9.59 Å². The number of nitrogens with two attached hydrogens (primary N) is 1. The highest BCUT2D eigenvalue weighted by Crippen LogP contribution is 2.31. The van der Waals surface area contributed by atoms with Crippen LogP contribution in [0.4, 0.5) is 5.69 Å². The lowest BCUT2D eigenvalue weighted by molar-refractivity contribution is -0.118. The fourth-order valence-electron chi connectivity index (χ4n) is 2.57. The van der Waals surface area contributed by atoms with Gasteiger partial charge in [-0.05, 0) is 24.5 Å². The zero-order valence-corrected chi connectivity index (χ0v) is 14.4. The molecule has 0 radical (unpaired) electrons. The first kappa shape index (κ1) is 17.2. The van der Waals surface area contributed by atoms with Crippen molar-refractivity contribution in [2.24, 2.45) is 11.7 Å². The summed E-state index contributed by atoms with van der Waals surface area (Å²) in [7, 11) is 0. The Balaban J connectivity index is 2.26. The minimum absolute atomic E-state index is 0.0533. The number of primary amides is 1. The first-order chi connectivity index (χ1) is 10.9. The molecule has 0 aliphatic rings. The van der Waals surface area contributed by atoms with Gasteiger partial charge in [-0.2, -0.15) is 0 Å². The molecule has 1 aromatic heterocycles. The highest BCUT2D eigenvalue weighted by atomic mass is 32.1. The van der Waals surface area contributed by atoms with Crippen LogP contribution in [0.25, 0.3) is 0 Å². The number of anilines is 1. The number of nitrogens with one attached hydrogen (secondary N) is 1. The Kier molecular flexibility index (Phi) is 5.55. The van der Waals surface area contributed by atoms with E-state index in [-0.39, 0.29) is 17.7 Å². The van der Waals surface area contributed by atoms with Gasteiger partial charge < -0.3 is 11.1 Å². The van der Waals surface area contributed by atoms with E-state index in [1.165, 1.54) is 11.3 Å². The molecule has 0 bridgehead atoms. The van der Waals surface area contributed by atoms with E-state index < -0.39 is 5.91 Å². The highest BCUT2D eigenvalue weighted by Gasteiger charge is 2.26. The third-order valence-corrected chi connectivity index (χ3v) is 5.14. The average Bonchev–Trinajstić information content (AvgIpc) is 2.89. The summed E-state index contributed by atoms with van der Waals surface area (Å²) >= 11 is 1.30. The van der Waals surface area contributed by atoms with Crippen LogP contribution in [-0.2, 0) is 4.79 Å². The zero-order chi connectivity index (χ0) is 17.0. The van der Waals surface area contributed by atoms with Gasteiger partial charge in [0.05, 0.1) is 16.5 Å². The van der Waals surface area contributed by atoms with Gasteiger partial charge in [0, 0.05) is 4.88 Å². The van der Waals surface area contributed by atoms with Crippen LogP contribution < -0.4 is 11.1 Å². The van der Waals surface area contributed by atoms with Crippen LogP contribution in [0.2, 0.25) is 0 Å². The number of benzene rings is 1. The Morgan fingerprint density at radius 1 is 1.26 bits per heavy atom. The maximum absolute atomic E-state index is 12.8. The molecule has 0 unspecified atom stereocenters. The summed E-state index contributed by atoms with van der Waals surface area (Å²) in [5, 5.41) is 2.96. The van der Waals surface area contributed by atoms with Crippen molar-refractivity contribution in [3.63, 3.8) is 0 Å². The highest BCUT2D eigenvalue weighted by molar-refractivity contribution is 7.14. The van der Waals surface area contributed by atoms with E-state index in [0.29, 0.717) is 10.6 Å². The predicted molar refractivity (Wildman–Crippen MR) is 94.8 cm³/mol. The van der Waals surface area contributed by atoms with Crippen molar-refractivity contribution in [3.8, 4) is 0 Å². The molecule has 2 rings (SSSR count). The van der Waals surface area contributed by atoms with Crippen molar-refractivity contribution in [3.05, 3.63) is 51.7 Å². The second kappa shape index (κ2) is 7.42. The zero-order valence-electron chi connectivity index (χ0n) is 13.6. The number of hydrogen-bond acceptors (Lipinski definition) is 3. The van der Waals surface area contributed by atoms with E-state index in [9.17, 15) is 9.59 Å². The second-order valence-electron chi connectivity index (χ2n) is 5.71. The fourth-order valence-corrected chi connectivity index (χ4v) is 3.40. The largest absolute Gasteiger partial charge is 0.365 e. The van der Waals surface area contributed by atoms with Gasteiger partial charge in [-0.3, -0.25) is 9.59 Å². The molecule has 3 N–H and O–H groups in total. The summed E-state index contributed by atoms with van der Waals surface area (Å²) in [5.41, 5.74) is 6.97. The molecule has 0 aliphatic heterocycles. The summed E-state index contributed by atoms with van der Waals surface area (Å²) < 4.78 is 0. The maximum atomic E-state index is 12.8. The van der Waals surface area contributed by atoms with Crippen molar-refractivity contribution in [1.29, 1.82) is 0 Å². The Hall–Kier alpha value is -2.14. The van der Waals surface area contributed by atoms with Gasteiger partial charge in [0.2, 0.25) is 5.91 Å². The fraction of sp³-hybridized carbons (Fsp3) is 0.333. The minimum atomic E-state index is -0.472. The molecule has 2 aromatic rings. The van der Waals surface area contributed by atoms with Crippen LogP contribution in [0.5, 0.6) is 0 Å². The Bertz CT molecular complexity index is 694. The first-order valence-electron chi connectivity index (χ1n) is 7.70. The Labute approximate surface area is 140 Å². The van der Waals surface area contributed by atoms with E-state index in [1.807, 2.05) is 37.3 Å². The molecular weight excluding hydrogens is 308 g/mol. The van der Waals surface area contributed by atoms with Crippen LogP contribution in [-0.4, -0.2) is 11.8 Å². The molecule has 1 aromatic carbocycles. The summed E-state index contributed by atoms with van der Waals surface area (Å²) in [5.74, 6) is -0.535. The van der Waals surface area contributed by atoms with E-state index in [4.69, 9.17) is 5.73 Å². The number of carbonyl (C=O) groups is 2. The molecule has 0 aliphatic carbocycles. The maximum Gasteiger partial charge on any atom is 0.258 e. The molecule has 5 heteroatoms. The van der Waals surface area contributed by atoms with Crippen LogP contribution in [0.15, 0.2) is 36.4 Å². The molecule has 0 spiro atoms. The quantitative estimate of drug-likeness (QED) is 0.842. The monoisotopic (exact) mass is 330 g/mol. The normalized spacial score (nSPS) is 13.3. The van der Waals surface area contributed by atoms with E-state index in [0.717, 1.165) is 16.9 Å². The number of hydrogen-bond donors (Lipinski definition) is 2. The molecular formula is C18H22N2O2S. The van der Waals surface area contributed by atoms with Crippen LogP contribution >= 0.6 is 11.3 Å². The summed E-state index contributed by atoms with van der Waals surface area (Å²) in [6.45, 7) is 6.02. The van der Waals surface area contributed by atoms with Crippen molar-refractivity contribution in [2.45, 2.75) is 33.1 Å². The van der Waals surface area contributed by atoms with Gasteiger partial charge in [0.1, 0.15) is 0 Å². The Morgan fingerprint density at radius 3 is 2.43 bits per heavy atom. The lowest BCUT2D eigenvalue weighted by Gasteiger charge is -2.22. The van der Waals surface area contributed by atoms with E-state index in [2.05, 4.69) is 19.2 Å². The van der Waals surface area contributed by atoms with Crippen molar-refractivity contribution >= 4 is 28.8 Å². The van der Waals surface area contributed by atoms with Gasteiger partial charge in [-0.25, -0.2) is 0 Å². The average molecular weight is 330 g/mol. The molecule has 0 saturated carbocycles. The van der Waals surface area contributed by atoms with E-state index >= 15 is 0 Å². The molecule has 2 atom stereocenters. The molecule has 23 heavy (non-hydrogen) atoms. The molecule has 1 heterocycles. The summed E-state index contributed by atoms with van der Waals surface area (Å²) in [6.07, 6.45) is 0.905. The SMILES string of the molecule is CC[C@@H](C)[C@@H](C(=O)Nc1cc(C(N)=O)sc1C)c1ccccc1. The lowest BCUT2D eigenvalue weighted by Crippen LogP contribution is -2.26. The van der Waals surface area contributed by atoms with Crippen LogP contribution in [0.3, 0.4) is 0 Å². The van der Waals surface area contributed by atoms with Crippen LogP contribution in [0, 0.1) is 12.8 Å². The van der Waals surface area contributed by atoms with Crippen molar-refractivity contribution in [2.75, 3.05) is 5.32 Å². The topological polar surface area (TPSA) is 72.2 Å². The molecule has 0 fully saturated rings. The van der Waals surface area contributed by atoms with Crippen LogP contribution in [0.1, 0.15) is 46.3 Å². The first-order valence-corrected chi connectivity index (χ1v) is 8.51. The predicted octanol–water partition coefficient (Wildman–Crippen LogP) is 3.92. The van der Waals surface area contributed by atoms with Gasteiger partial charge in [0.15, 0.2) is 0 Å². The minimum Gasteiger partial charge on any atom is -0.365 e. The Morgan fingerprint density at radius 2 is 1.91 bits per heavy atom. The van der Waals surface area contributed by atoms with Gasteiger partial charge in [-0.1, -0.05) is 50.6 Å². The number of carbonyl (C=O) groups excluding carboxylic acids is 2. The number of aryl methyl sites for hydroxylation is 1. The number of amides is 2. The second-order valence-corrected chi connectivity index (χ2v) is 6.96. The summed E-state index contributed by atoms with van der Waals surface area (Å²) in [6, 6.07) is 11.4. The smallest absolute Gasteiger partial charge is 0.258 e. The van der Waals surface area contributed by atoms with Gasteiger partial charge in [0.25, 0.3) is 5.91 Å². The molecule has 122 valence electrons. The third-order valence-electron chi connectivity index (χ3n) is 4.07. The number of rotatable bonds is 6. The standard InChI is InChI=1S/C18H22N2O2S/c1-4-11(2)16(13-8-6-5-7-9-13)18(22)20-14-10-15(17(19)21)23-12(14)3/h5-11,16H,4H2,1-3H3,(H2,19,21)(H,20,22)/t11-,16-/m1/s1. The van der Waals surface area contributed by atoms with Crippen molar-refractivity contribution in [1.82, 2.24) is 0 Å². The van der Waals surface area contributed by atoms with E-state index in [1.54, 1.807) is 6.07 Å². The molecule has 0 saturated heterocycles. The number of thiophene rings is 1. The summed E-state index contributed by atoms with van der Waals surface area (Å²) in [4.78, 5) is 25.4. The third kappa shape index (κ3) is 3.99.